The van der Waals surface area contributed by atoms with Crippen LogP contribution in [-0.4, -0.2) is 50.3 Å². The van der Waals surface area contributed by atoms with Gasteiger partial charge in [-0.25, -0.2) is 8.42 Å². The summed E-state index contributed by atoms with van der Waals surface area (Å²) in [6.45, 7) is 11.6. The van der Waals surface area contributed by atoms with Crippen LogP contribution < -0.4 is 0 Å². The van der Waals surface area contributed by atoms with Crippen molar-refractivity contribution in [3.05, 3.63) is 29.8 Å². The first-order valence-corrected chi connectivity index (χ1v) is 12.1. The molecule has 0 aromatic heterocycles. The number of piperidine rings is 2. The number of nitrogens with zero attached hydrogens (tertiary/aromatic N) is 2. The second kappa shape index (κ2) is 9.06. The molecule has 0 N–H and O–H groups in total. The first-order valence-electron chi connectivity index (χ1n) is 10.7. The normalized spacial score (nSPS) is 23.8. The standard InChI is InChI=1S/C22H36N2O2S/c1-18(2)15-20-6-8-22(9-7-20)27(25,26)24-13-10-21(11-14-24)17-23-12-4-5-19(3)16-23/h6-9,18-19,21H,4-5,10-17H2,1-3H3/t19-/m0/s1. The van der Waals surface area contributed by atoms with E-state index < -0.39 is 10.0 Å². The molecule has 0 saturated carbocycles. The maximum atomic E-state index is 13.0. The van der Waals surface area contributed by atoms with Crippen molar-refractivity contribution >= 4 is 10.0 Å². The molecule has 0 spiro atoms. The fourth-order valence-electron chi connectivity index (χ4n) is 4.57. The van der Waals surface area contributed by atoms with Crippen LogP contribution in [0.2, 0.25) is 0 Å². The summed E-state index contributed by atoms with van der Waals surface area (Å²) in [7, 11) is -3.35. The topological polar surface area (TPSA) is 40.6 Å². The van der Waals surface area contributed by atoms with Gasteiger partial charge in [-0.1, -0.05) is 32.9 Å². The van der Waals surface area contributed by atoms with Gasteiger partial charge in [0.1, 0.15) is 0 Å². The van der Waals surface area contributed by atoms with Crippen molar-refractivity contribution in [2.75, 3.05) is 32.7 Å². The summed E-state index contributed by atoms with van der Waals surface area (Å²) in [5.41, 5.74) is 1.21. The molecule has 2 aliphatic heterocycles. The van der Waals surface area contributed by atoms with Crippen LogP contribution >= 0.6 is 0 Å². The zero-order valence-electron chi connectivity index (χ0n) is 17.2. The molecular formula is C22H36N2O2S. The van der Waals surface area contributed by atoms with Crippen LogP contribution in [0.3, 0.4) is 0 Å². The van der Waals surface area contributed by atoms with Crippen molar-refractivity contribution < 1.29 is 8.42 Å². The van der Waals surface area contributed by atoms with E-state index >= 15 is 0 Å². The molecule has 0 unspecified atom stereocenters. The summed E-state index contributed by atoms with van der Waals surface area (Å²) in [5.74, 6) is 2.02. The van der Waals surface area contributed by atoms with E-state index in [1.807, 2.05) is 12.1 Å². The first kappa shape index (κ1) is 20.8. The third kappa shape index (κ3) is 5.55. The Labute approximate surface area is 166 Å². The molecule has 0 aliphatic carbocycles. The van der Waals surface area contributed by atoms with Crippen molar-refractivity contribution in [1.29, 1.82) is 0 Å². The lowest BCUT2D eigenvalue weighted by Gasteiger charge is -2.37. The van der Waals surface area contributed by atoms with Gasteiger partial charge >= 0.3 is 0 Å². The fraction of sp³-hybridized carbons (Fsp3) is 0.727. The predicted molar refractivity (Wildman–Crippen MR) is 111 cm³/mol. The quantitative estimate of drug-likeness (QED) is 0.734. The van der Waals surface area contributed by atoms with Crippen LogP contribution in [0.25, 0.3) is 0 Å². The van der Waals surface area contributed by atoms with Crippen LogP contribution in [-0.2, 0) is 16.4 Å². The molecule has 4 nitrogen and oxygen atoms in total. The Bertz CT molecular complexity index is 692. The van der Waals surface area contributed by atoms with Crippen LogP contribution in [0, 0.1) is 17.8 Å². The van der Waals surface area contributed by atoms with E-state index in [0.717, 1.165) is 31.7 Å². The van der Waals surface area contributed by atoms with E-state index in [2.05, 4.69) is 25.7 Å². The molecule has 5 heteroatoms. The summed E-state index contributed by atoms with van der Waals surface area (Å²) < 4.78 is 27.6. The third-order valence-electron chi connectivity index (χ3n) is 6.04. The Morgan fingerprint density at radius 3 is 2.30 bits per heavy atom. The number of sulfonamides is 1. The highest BCUT2D eigenvalue weighted by Crippen LogP contribution is 2.26. The predicted octanol–water partition coefficient (Wildman–Crippen LogP) is 4.02. The van der Waals surface area contributed by atoms with Gasteiger partial charge in [-0.15, -0.1) is 0 Å². The van der Waals surface area contributed by atoms with E-state index in [4.69, 9.17) is 0 Å². The Balaban J connectivity index is 1.54. The van der Waals surface area contributed by atoms with Crippen LogP contribution in [0.15, 0.2) is 29.2 Å². The van der Waals surface area contributed by atoms with Gasteiger partial charge in [-0.2, -0.15) is 4.31 Å². The molecule has 1 aromatic carbocycles. The molecule has 1 aromatic rings. The second-order valence-corrected chi connectivity index (χ2v) is 11.0. The van der Waals surface area contributed by atoms with Crippen molar-refractivity contribution in [3.8, 4) is 0 Å². The zero-order chi connectivity index (χ0) is 19.4. The molecule has 2 aliphatic rings. The van der Waals surface area contributed by atoms with E-state index in [1.54, 1.807) is 16.4 Å². The minimum Gasteiger partial charge on any atom is -0.303 e. The molecule has 2 saturated heterocycles. The molecular weight excluding hydrogens is 356 g/mol. The number of rotatable bonds is 6. The van der Waals surface area contributed by atoms with E-state index in [-0.39, 0.29) is 0 Å². The molecule has 3 rings (SSSR count). The number of hydrogen-bond acceptors (Lipinski definition) is 3. The summed E-state index contributed by atoms with van der Waals surface area (Å²) >= 11 is 0. The van der Waals surface area contributed by atoms with Gasteiger partial charge in [-0.05, 0) is 74.1 Å². The summed E-state index contributed by atoms with van der Waals surface area (Å²) in [6, 6.07) is 7.51. The van der Waals surface area contributed by atoms with Gasteiger partial charge in [0, 0.05) is 26.2 Å². The monoisotopic (exact) mass is 392 g/mol. The van der Waals surface area contributed by atoms with Gasteiger partial charge in [0.15, 0.2) is 0 Å². The molecule has 0 amide bonds. The van der Waals surface area contributed by atoms with Gasteiger partial charge in [0.05, 0.1) is 4.90 Å². The van der Waals surface area contributed by atoms with E-state index in [9.17, 15) is 8.42 Å². The lowest BCUT2D eigenvalue weighted by Crippen LogP contribution is -2.43. The number of likely N-dealkylation sites (tertiary alicyclic amines) is 1. The zero-order valence-corrected chi connectivity index (χ0v) is 18.0. The molecule has 1 atom stereocenters. The largest absolute Gasteiger partial charge is 0.303 e. The van der Waals surface area contributed by atoms with Gasteiger partial charge in [0.2, 0.25) is 10.0 Å². The maximum Gasteiger partial charge on any atom is 0.243 e. The summed E-state index contributed by atoms with van der Waals surface area (Å²) in [6.07, 6.45) is 5.61. The highest BCUT2D eigenvalue weighted by molar-refractivity contribution is 7.89. The highest BCUT2D eigenvalue weighted by atomic mass is 32.2. The van der Waals surface area contributed by atoms with Gasteiger partial charge in [-0.3, -0.25) is 0 Å². The SMILES string of the molecule is CC(C)Cc1ccc(S(=O)(=O)N2CCC(CN3CCC[C@H](C)C3)CC2)cc1. The smallest absolute Gasteiger partial charge is 0.243 e. The molecule has 152 valence electrons. The highest BCUT2D eigenvalue weighted by Gasteiger charge is 2.30. The lowest BCUT2D eigenvalue weighted by atomic mass is 9.94. The minimum absolute atomic E-state index is 0.443. The summed E-state index contributed by atoms with van der Waals surface area (Å²) in [4.78, 5) is 3.04. The molecule has 0 bridgehead atoms. The minimum atomic E-state index is -3.35. The Kier molecular flexibility index (Phi) is 6.98. The van der Waals surface area contributed by atoms with Gasteiger partial charge < -0.3 is 4.90 Å². The van der Waals surface area contributed by atoms with Crippen LogP contribution in [0.1, 0.15) is 52.0 Å². The molecule has 2 heterocycles. The van der Waals surface area contributed by atoms with Crippen LogP contribution in [0.4, 0.5) is 0 Å². The van der Waals surface area contributed by atoms with Crippen molar-refractivity contribution in [2.24, 2.45) is 17.8 Å². The molecule has 27 heavy (non-hydrogen) atoms. The number of hydrogen-bond donors (Lipinski definition) is 0. The average Bonchev–Trinajstić information content (AvgIpc) is 2.62. The lowest BCUT2D eigenvalue weighted by molar-refractivity contribution is 0.136. The van der Waals surface area contributed by atoms with E-state index in [1.165, 1.54) is 31.5 Å². The first-order chi connectivity index (χ1) is 12.8. The third-order valence-corrected chi connectivity index (χ3v) is 7.95. The fourth-order valence-corrected chi connectivity index (χ4v) is 6.04. The number of benzene rings is 1. The van der Waals surface area contributed by atoms with Crippen LogP contribution in [0.5, 0.6) is 0 Å². The average molecular weight is 393 g/mol. The molecule has 0 radical (unpaired) electrons. The Morgan fingerprint density at radius 2 is 1.70 bits per heavy atom. The Hall–Kier alpha value is -0.910. The van der Waals surface area contributed by atoms with Crippen molar-refractivity contribution in [1.82, 2.24) is 9.21 Å². The van der Waals surface area contributed by atoms with Gasteiger partial charge in [0.25, 0.3) is 0 Å². The second-order valence-electron chi connectivity index (χ2n) is 9.10. The van der Waals surface area contributed by atoms with Crippen molar-refractivity contribution in [3.63, 3.8) is 0 Å². The molecule has 2 fully saturated rings. The maximum absolute atomic E-state index is 13.0. The van der Waals surface area contributed by atoms with E-state index in [0.29, 0.717) is 29.8 Å². The Morgan fingerprint density at radius 1 is 1.04 bits per heavy atom. The summed E-state index contributed by atoms with van der Waals surface area (Å²) in [5, 5.41) is 0. The van der Waals surface area contributed by atoms with Crippen molar-refractivity contribution in [2.45, 2.75) is 57.8 Å².